The lowest BCUT2D eigenvalue weighted by Crippen LogP contribution is -1.84. The quantitative estimate of drug-likeness (QED) is 0.564. The lowest BCUT2D eigenvalue weighted by molar-refractivity contribution is 0.632. The second-order valence-electron chi connectivity index (χ2n) is 4.80. The summed E-state index contributed by atoms with van der Waals surface area (Å²) >= 11 is 0. The highest BCUT2D eigenvalue weighted by atomic mass is 14.0. The summed E-state index contributed by atoms with van der Waals surface area (Å²) in [5, 5.41) is 0. The van der Waals surface area contributed by atoms with Gasteiger partial charge in [0, 0.05) is 0 Å². The van der Waals surface area contributed by atoms with Gasteiger partial charge in [0.25, 0.3) is 0 Å². The van der Waals surface area contributed by atoms with Crippen LogP contribution in [0.15, 0.2) is 66.7 Å². The van der Waals surface area contributed by atoms with Gasteiger partial charge in [-0.05, 0) is 18.4 Å². The summed E-state index contributed by atoms with van der Waals surface area (Å²) in [6.45, 7) is 2.26. The molecule has 0 atom stereocenters. The molecule has 0 nitrogen and oxygen atoms in total. The molecule has 0 spiro atoms. The Labute approximate surface area is 118 Å². The van der Waals surface area contributed by atoms with E-state index in [9.17, 15) is 0 Å². The maximum absolute atomic E-state index is 2.26. The van der Waals surface area contributed by atoms with E-state index in [1.165, 1.54) is 44.1 Å². The zero-order valence-electron chi connectivity index (χ0n) is 12.1. The van der Waals surface area contributed by atoms with Crippen LogP contribution in [-0.4, -0.2) is 0 Å². The molecule has 0 heterocycles. The molecule has 2 rings (SSSR count). The van der Waals surface area contributed by atoms with Crippen LogP contribution >= 0.6 is 0 Å². The standard InChI is InChI=1S/C13H20.C6H6/c1-2-3-4-5-7-10-13-11-8-6-9-12-13;1-2-4-6-5-3-1/h6,8-9,11-12H,2-5,7,10H2,1H3;1-6H. The topological polar surface area (TPSA) is 0 Å². The first kappa shape index (κ1) is 15.5. The van der Waals surface area contributed by atoms with Crippen LogP contribution in [-0.2, 0) is 6.42 Å². The van der Waals surface area contributed by atoms with Crippen LogP contribution in [0.3, 0.4) is 0 Å². The van der Waals surface area contributed by atoms with Crippen molar-refractivity contribution in [1.29, 1.82) is 0 Å². The Morgan fingerprint density at radius 1 is 0.579 bits per heavy atom. The lowest BCUT2D eigenvalue weighted by Gasteiger charge is -2.00. The van der Waals surface area contributed by atoms with E-state index in [0.29, 0.717) is 0 Å². The maximum Gasteiger partial charge on any atom is -0.0279 e. The minimum Gasteiger partial charge on any atom is -0.0654 e. The van der Waals surface area contributed by atoms with Crippen LogP contribution in [0.1, 0.15) is 44.6 Å². The predicted octanol–water partition coefficient (Wildman–Crippen LogP) is 5.89. The Bertz CT molecular complexity index is 351. The molecule has 102 valence electrons. The predicted molar refractivity (Wildman–Crippen MR) is 85.3 cm³/mol. The summed E-state index contributed by atoms with van der Waals surface area (Å²) in [4.78, 5) is 0. The average Bonchev–Trinajstić information content (AvgIpc) is 2.51. The van der Waals surface area contributed by atoms with E-state index in [0.717, 1.165) is 0 Å². The minimum atomic E-state index is 1.25. The summed E-state index contributed by atoms with van der Waals surface area (Å²) in [7, 11) is 0. The number of hydrogen-bond acceptors (Lipinski definition) is 0. The number of aryl methyl sites for hydroxylation is 1. The van der Waals surface area contributed by atoms with Crippen LogP contribution in [0.4, 0.5) is 0 Å². The van der Waals surface area contributed by atoms with E-state index in [1.807, 2.05) is 36.4 Å². The molecule has 2 aromatic rings. The van der Waals surface area contributed by atoms with Crippen LogP contribution < -0.4 is 0 Å². The van der Waals surface area contributed by atoms with Gasteiger partial charge in [-0.25, -0.2) is 0 Å². The fraction of sp³-hybridized carbons (Fsp3) is 0.368. The number of unbranched alkanes of at least 4 members (excludes halogenated alkanes) is 4. The van der Waals surface area contributed by atoms with Gasteiger partial charge in [-0.15, -0.1) is 0 Å². The van der Waals surface area contributed by atoms with Gasteiger partial charge in [0.15, 0.2) is 0 Å². The van der Waals surface area contributed by atoms with E-state index >= 15 is 0 Å². The Balaban J connectivity index is 0.000000250. The third-order valence-corrected chi connectivity index (χ3v) is 3.08. The van der Waals surface area contributed by atoms with E-state index < -0.39 is 0 Å². The van der Waals surface area contributed by atoms with Crippen LogP contribution in [0.2, 0.25) is 0 Å². The molecule has 0 aliphatic carbocycles. The first-order chi connectivity index (χ1) is 9.43. The molecule has 0 radical (unpaired) electrons. The van der Waals surface area contributed by atoms with Gasteiger partial charge in [-0.2, -0.15) is 0 Å². The van der Waals surface area contributed by atoms with Gasteiger partial charge in [0.05, 0.1) is 0 Å². The van der Waals surface area contributed by atoms with Crippen molar-refractivity contribution in [2.75, 3.05) is 0 Å². The van der Waals surface area contributed by atoms with Crippen molar-refractivity contribution in [2.45, 2.75) is 45.4 Å². The monoisotopic (exact) mass is 254 g/mol. The minimum absolute atomic E-state index is 1.25. The Kier molecular flexibility index (Phi) is 9.40. The summed E-state index contributed by atoms with van der Waals surface area (Å²) < 4.78 is 0. The van der Waals surface area contributed by atoms with Crippen molar-refractivity contribution >= 4 is 0 Å². The Morgan fingerprint density at radius 2 is 1.05 bits per heavy atom. The molecule has 0 N–H and O–H groups in total. The Morgan fingerprint density at radius 3 is 1.58 bits per heavy atom. The second-order valence-corrected chi connectivity index (χ2v) is 4.80. The summed E-state index contributed by atoms with van der Waals surface area (Å²) in [5.74, 6) is 0. The molecule has 0 amide bonds. The van der Waals surface area contributed by atoms with Crippen LogP contribution in [0.25, 0.3) is 0 Å². The molecule has 0 unspecified atom stereocenters. The number of hydrogen-bond donors (Lipinski definition) is 0. The van der Waals surface area contributed by atoms with Crippen molar-refractivity contribution in [3.05, 3.63) is 72.3 Å². The number of rotatable bonds is 6. The summed E-state index contributed by atoms with van der Waals surface area (Å²) in [6, 6.07) is 22.8. The van der Waals surface area contributed by atoms with Gasteiger partial charge in [0.2, 0.25) is 0 Å². The lowest BCUT2D eigenvalue weighted by atomic mass is 10.1. The van der Waals surface area contributed by atoms with Gasteiger partial charge >= 0.3 is 0 Å². The molecule has 0 fully saturated rings. The van der Waals surface area contributed by atoms with Crippen LogP contribution in [0, 0.1) is 0 Å². The van der Waals surface area contributed by atoms with E-state index in [4.69, 9.17) is 0 Å². The highest BCUT2D eigenvalue weighted by Crippen LogP contribution is 2.08. The summed E-state index contributed by atoms with van der Waals surface area (Å²) in [5.41, 5.74) is 1.49. The Hall–Kier alpha value is -1.56. The molecule has 0 saturated carbocycles. The summed E-state index contributed by atoms with van der Waals surface area (Å²) in [6.07, 6.45) is 8.14. The molecule has 0 saturated heterocycles. The largest absolute Gasteiger partial charge is 0.0654 e. The molecule has 0 heteroatoms. The van der Waals surface area contributed by atoms with Crippen molar-refractivity contribution in [3.63, 3.8) is 0 Å². The van der Waals surface area contributed by atoms with Gasteiger partial charge in [-0.3, -0.25) is 0 Å². The second kappa shape index (κ2) is 11.5. The molecule has 0 aliphatic rings. The first-order valence-corrected chi connectivity index (χ1v) is 7.47. The zero-order chi connectivity index (χ0) is 13.6. The normalized spacial score (nSPS) is 9.53. The molecular formula is C19H26. The fourth-order valence-corrected chi connectivity index (χ4v) is 1.96. The highest BCUT2D eigenvalue weighted by molar-refractivity contribution is 5.14. The third-order valence-electron chi connectivity index (χ3n) is 3.08. The van der Waals surface area contributed by atoms with Gasteiger partial charge in [-0.1, -0.05) is 99.3 Å². The molecule has 0 bridgehead atoms. The highest BCUT2D eigenvalue weighted by Gasteiger charge is 1.91. The smallest absolute Gasteiger partial charge is 0.0279 e. The van der Waals surface area contributed by atoms with Crippen molar-refractivity contribution in [2.24, 2.45) is 0 Å². The first-order valence-electron chi connectivity index (χ1n) is 7.47. The van der Waals surface area contributed by atoms with Gasteiger partial charge in [0.1, 0.15) is 0 Å². The van der Waals surface area contributed by atoms with E-state index in [2.05, 4.69) is 37.3 Å². The van der Waals surface area contributed by atoms with E-state index in [-0.39, 0.29) is 0 Å². The fourth-order valence-electron chi connectivity index (χ4n) is 1.96. The molecule has 19 heavy (non-hydrogen) atoms. The van der Waals surface area contributed by atoms with Crippen LogP contribution in [0.5, 0.6) is 0 Å². The SMILES string of the molecule is CCCCCCCc1ccccc1.c1ccccc1. The van der Waals surface area contributed by atoms with Gasteiger partial charge < -0.3 is 0 Å². The number of benzene rings is 2. The van der Waals surface area contributed by atoms with Crippen molar-refractivity contribution < 1.29 is 0 Å². The molecule has 0 aromatic heterocycles. The molecular weight excluding hydrogens is 228 g/mol. The average molecular weight is 254 g/mol. The molecule has 2 aromatic carbocycles. The van der Waals surface area contributed by atoms with E-state index in [1.54, 1.807) is 0 Å². The van der Waals surface area contributed by atoms with Crippen molar-refractivity contribution in [1.82, 2.24) is 0 Å². The third kappa shape index (κ3) is 9.07. The van der Waals surface area contributed by atoms with Crippen molar-refractivity contribution in [3.8, 4) is 0 Å². The maximum atomic E-state index is 2.26. The zero-order valence-corrected chi connectivity index (χ0v) is 12.1. The molecule has 0 aliphatic heterocycles.